The number of anilines is 1. The number of nitrogens with zero attached hydrogens (tertiary/aromatic N) is 2. The van der Waals surface area contributed by atoms with Crippen LogP contribution >= 0.6 is 23.4 Å². The van der Waals surface area contributed by atoms with E-state index in [1.807, 2.05) is 48.7 Å². The third-order valence-electron chi connectivity index (χ3n) is 4.13. The molecule has 1 aliphatic rings. The van der Waals surface area contributed by atoms with Crippen LogP contribution in [0, 0.1) is 0 Å². The minimum atomic E-state index is -0.354. The normalized spacial score (nSPS) is 14.8. The molecule has 4 nitrogen and oxygen atoms in total. The Morgan fingerprint density at radius 2 is 1.80 bits per heavy atom. The first-order chi connectivity index (χ1) is 12.0. The van der Waals surface area contributed by atoms with Crippen molar-refractivity contribution in [2.75, 3.05) is 4.90 Å². The first kappa shape index (κ1) is 16.0. The van der Waals surface area contributed by atoms with Gasteiger partial charge in [-0.25, -0.2) is 4.90 Å². The van der Waals surface area contributed by atoms with E-state index in [4.69, 9.17) is 11.6 Å². The van der Waals surface area contributed by atoms with Crippen LogP contribution in [0.1, 0.15) is 5.56 Å². The average Bonchev–Trinajstić information content (AvgIpc) is 3.11. The van der Waals surface area contributed by atoms with Crippen LogP contribution in [0.4, 0.5) is 10.5 Å². The van der Waals surface area contributed by atoms with E-state index in [1.54, 1.807) is 6.07 Å². The number of amides is 2. The summed E-state index contributed by atoms with van der Waals surface area (Å²) in [6, 6.07) is 15.2. The summed E-state index contributed by atoms with van der Waals surface area (Å²) in [5.41, 5.74) is 2.66. The largest absolute Gasteiger partial charge is 0.343 e. The first-order valence-electron chi connectivity index (χ1n) is 7.62. The minimum Gasteiger partial charge on any atom is -0.343 e. The summed E-state index contributed by atoms with van der Waals surface area (Å²) in [6.07, 6.45) is 1.95. The van der Waals surface area contributed by atoms with Crippen LogP contribution < -0.4 is 4.90 Å². The molecule has 2 heterocycles. The highest BCUT2D eigenvalue weighted by molar-refractivity contribution is 8.18. The van der Waals surface area contributed by atoms with Crippen LogP contribution in [0.5, 0.6) is 0 Å². The van der Waals surface area contributed by atoms with E-state index in [9.17, 15) is 9.59 Å². The summed E-state index contributed by atoms with van der Waals surface area (Å²) in [4.78, 5) is 25.9. The topological polar surface area (TPSA) is 42.3 Å². The van der Waals surface area contributed by atoms with E-state index in [0.29, 0.717) is 17.3 Å². The van der Waals surface area contributed by atoms with Crippen LogP contribution in [-0.2, 0) is 11.3 Å². The molecule has 124 valence electrons. The number of carbonyl (C=O) groups is 2. The van der Waals surface area contributed by atoms with Crippen LogP contribution in [0.15, 0.2) is 66.2 Å². The molecule has 0 bridgehead atoms. The van der Waals surface area contributed by atoms with Gasteiger partial charge in [-0.15, -0.1) is 0 Å². The van der Waals surface area contributed by atoms with E-state index in [1.165, 1.54) is 4.90 Å². The average molecular weight is 369 g/mol. The number of imide groups is 1. The zero-order chi connectivity index (χ0) is 17.6. The third-order valence-corrected chi connectivity index (χ3v) is 5.16. The van der Waals surface area contributed by atoms with Crippen molar-refractivity contribution >= 4 is 51.1 Å². The Balaban J connectivity index is 1.76. The lowest BCUT2D eigenvalue weighted by Crippen LogP contribution is -2.27. The molecule has 4 rings (SSSR count). The van der Waals surface area contributed by atoms with E-state index < -0.39 is 0 Å². The second-order valence-electron chi connectivity index (χ2n) is 5.71. The number of thioether (sulfide) groups is 1. The van der Waals surface area contributed by atoms with Crippen LogP contribution in [-0.4, -0.2) is 15.7 Å². The van der Waals surface area contributed by atoms with Gasteiger partial charge in [0.1, 0.15) is 0 Å². The highest BCUT2D eigenvalue weighted by Crippen LogP contribution is 2.37. The molecular formula is C19H13ClN2O2S. The molecule has 6 heteroatoms. The van der Waals surface area contributed by atoms with Crippen molar-refractivity contribution < 1.29 is 9.59 Å². The number of fused-ring (bicyclic) bond motifs is 1. The van der Waals surface area contributed by atoms with Crippen molar-refractivity contribution in [3.8, 4) is 0 Å². The molecule has 3 aromatic rings. The van der Waals surface area contributed by atoms with Gasteiger partial charge in [0.25, 0.3) is 11.1 Å². The summed E-state index contributed by atoms with van der Waals surface area (Å²) in [5, 5.41) is 1.24. The van der Waals surface area contributed by atoms with Gasteiger partial charge in [0.2, 0.25) is 0 Å². The maximum Gasteiger partial charge on any atom is 0.298 e. The number of aromatic nitrogens is 1. The van der Waals surface area contributed by atoms with E-state index in [2.05, 4.69) is 11.1 Å². The molecule has 2 aromatic carbocycles. The quantitative estimate of drug-likeness (QED) is 0.607. The summed E-state index contributed by atoms with van der Waals surface area (Å²) in [7, 11) is 0. The Morgan fingerprint density at radius 3 is 2.48 bits per heavy atom. The van der Waals surface area contributed by atoms with Gasteiger partial charge in [0.15, 0.2) is 0 Å². The van der Waals surface area contributed by atoms with Crippen molar-refractivity contribution in [2.45, 2.75) is 6.54 Å². The standard InChI is InChI=1S/C19H13ClN2O2S/c1-12-18(23)22(19(24)25-12)17-4-2-3-16-15(17)9-10-21(16)11-13-5-7-14(20)8-6-13/h2-10H,1,11H2. The minimum absolute atomic E-state index is 0.252. The molecule has 2 amide bonds. The molecule has 0 N–H and O–H groups in total. The van der Waals surface area contributed by atoms with Gasteiger partial charge in [0, 0.05) is 23.2 Å². The molecule has 1 fully saturated rings. The molecule has 0 saturated carbocycles. The highest BCUT2D eigenvalue weighted by atomic mass is 35.5. The van der Waals surface area contributed by atoms with E-state index in [-0.39, 0.29) is 16.1 Å². The van der Waals surface area contributed by atoms with Gasteiger partial charge in [0.05, 0.1) is 16.1 Å². The van der Waals surface area contributed by atoms with Gasteiger partial charge >= 0.3 is 0 Å². The zero-order valence-electron chi connectivity index (χ0n) is 13.1. The number of halogens is 1. The predicted molar refractivity (Wildman–Crippen MR) is 102 cm³/mol. The first-order valence-corrected chi connectivity index (χ1v) is 8.81. The molecule has 1 aliphatic heterocycles. The maximum absolute atomic E-state index is 12.3. The van der Waals surface area contributed by atoms with Gasteiger partial charge in [-0.3, -0.25) is 9.59 Å². The Bertz CT molecular complexity index is 1020. The zero-order valence-corrected chi connectivity index (χ0v) is 14.7. The van der Waals surface area contributed by atoms with Crippen molar-refractivity contribution in [3.63, 3.8) is 0 Å². The number of carbonyl (C=O) groups excluding carboxylic acids is 2. The van der Waals surface area contributed by atoms with Crippen molar-refractivity contribution in [2.24, 2.45) is 0 Å². The lowest BCUT2D eigenvalue weighted by atomic mass is 10.2. The van der Waals surface area contributed by atoms with Crippen LogP contribution in [0.25, 0.3) is 10.9 Å². The lowest BCUT2D eigenvalue weighted by molar-refractivity contribution is -0.113. The summed E-state index contributed by atoms with van der Waals surface area (Å²) < 4.78 is 2.08. The molecule has 0 aliphatic carbocycles. The molecule has 1 aromatic heterocycles. The molecule has 0 spiro atoms. The number of rotatable bonds is 3. The van der Waals surface area contributed by atoms with E-state index >= 15 is 0 Å². The predicted octanol–water partition coefficient (Wildman–Crippen LogP) is 5.06. The Hall–Kier alpha value is -2.50. The second-order valence-corrected chi connectivity index (χ2v) is 7.19. The molecule has 0 unspecified atom stereocenters. The third kappa shape index (κ3) is 2.75. The summed E-state index contributed by atoms with van der Waals surface area (Å²) in [6.45, 7) is 4.32. The van der Waals surface area contributed by atoms with Crippen molar-refractivity contribution in [1.29, 1.82) is 0 Å². The molecular weight excluding hydrogens is 356 g/mol. The summed E-state index contributed by atoms with van der Waals surface area (Å²) in [5.74, 6) is -0.354. The highest BCUT2D eigenvalue weighted by Gasteiger charge is 2.36. The molecule has 25 heavy (non-hydrogen) atoms. The van der Waals surface area contributed by atoms with E-state index in [0.717, 1.165) is 28.2 Å². The second kappa shape index (κ2) is 6.10. The molecule has 0 radical (unpaired) electrons. The smallest absolute Gasteiger partial charge is 0.298 e. The van der Waals surface area contributed by atoms with Crippen LogP contribution in [0.2, 0.25) is 5.02 Å². The van der Waals surface area contributed by atoms with Gasteiger partial charge < -0.3 is 4.57 Å². The number of hydrogen-bond donors (Lipinski definition) is 0. The van der Waals surface area contributed by atoms with Gasteiger partial charge in [-0.1, -0.05) is 36.4 Å². The number of hydrogen-bond acceptors (Lipinski definition) is 3. The Kier molecular flexibility index (Phi) is 3.90. The fraction of sp³-hybridized carbons (Fsp3) is 0.0526. The fourth-order valence-electron chi connectivity index (χ4n) is 2.94. The molecule has 0 atom stereocenters. The van der Waals surface area contributed by atoms with Gasteiger partial charge in [-0.05, 0) is 47.7 Å². The van der Waals surface area contributed by atoms with Crippen molar-refractivity contribution in [1.82, 2.24) is 4.57 Å². The summed E-state index contributed by atoms with van der Waals surface area (Å²) >= 11 is 6.81. The SMILES string of the molecule is C=C1SC(=O)N(c2cccc3c2ccn3Cc2ccc(Cl)cc2)C1=O. The lowest BCUT2D eigenvalue weighted by Gasteiger charge is -2.14. The number of benzene rings is 2. The monoisotopic (exact) mass is 368 g/mol. The van der Waals surface area contributed by atoms with Crippen LogP contribution in [0.3, 0.4) is 0 Å². The maximum atomic E-state index is 12.3. The Labute approximate surface area is 153 Å². The Morgan fingerprint density at radius 1 is 1.04 bits per heavy atom. The van der Waals surface area contributed by atoms with Gasteiger partial charge in [-0.2, -0.15) is 0 Å². The molecule has 1 saturated heterocycles. The van der Waals surface area contributed by atoms with Crippen molar-refractivity contribution in [3.05, 3.63) is 76.8 Å². The fourth-order valence-corrected chi connectivity index (χ4v) is 3.72.